The van der Waals surface area contributed by atoms with E-state index in [0.29, 0.717) is 27.7 Å². The van der Waals surface area contributed by atoms with Crippen LogP contribution in [0.3, 0.4) is 0 Å². The summed E-state index contributed by atoms with van der Waals surface area (Å²) in [7, 11) is 2.14. The quantitative estimate of drug-likeness (QED) is 0.655. The minimum absolute atomic E-state index is 0.363. The van der Waals surface area contributed by atoms with E-state index in [1.165, 1.54) is 32.1 Å². The molecule has 1 N–H and O–H groups in total. The summed E-state index contributed by atoms with van der Waals surface area (Å²) in [6.07, 6.45) is 6.58. The Morgan fingerprint density at radius 3 is 1.65 bits per heavy atom. The van der Waals surface area contributed by atoms with Crippen molar-refractivity contribution in [3.8, 4) is 0 Å². The lowest BCUT2D eigenvalue weighted by Gasteiger charge is -2.47. The van der Waals surface area contributed by atoms with E-state index in [-0.39, 0.29) is 0 Å². The molecule has 1 aliphatic carbocycles. The van der Waals surface area contributed by atoms with E-state index < -0.39 is 0 Å². The topological polar surface area (TPSA) is 12.0 Å². The molecule has 20 heavy (non-hydrogen) atoms. The van der Waals surface area contributed by atoms with E-state index in [9.17, 15) is 0 Å². The van der Waals surface area contributed by atoms with E-state index in [4.69, 9.17) is 0 Å². The molecular formula is C19H39N. The fourth-order valence-electron chi connectivity index (χ4n) is 5.62. The molecule has 0 aromatic heterocycles. The van der Waals surface area contributed by atoms with Crippen LogP contribution in [0.2, 0.25) is 0 Å². The maximum absolute atomic E-state index is 3.61. The van der Waals surface area contributed by atoms with Gasteiger partial charge in [-0.15, -0.1) is 0 Å². The van der Waals surface area contributed by atoms with Crippen LogP contribution in [0.25, 0.3) is 0 Å². The number of nitrogens with one attached hydrogen (secondary N) is 1. The van der Waals surface area contributed by atoms with E-state index in [1.807, 2.05) is 0 Å². The van der Waals surface area contributed by atoms with Crippen LogP contribution in [0.4, 0.5) is 0 Å². The average molecular weight is 282 g/mol. The molecule has 0 aromatic rings. The highest BCUT2D eigenvalue weighted by molar-refractivity contribution is 4.94. The summed E-state index contributed by atoms with van der Waals surface area (Å²) in [5.41, 5.74) is 1.66. The molecule has 0 spiro atoms. The van der Waals surface area contributed by atoms with Crippen LogP contribution in [0.1, 0.15) is 87.5 Å². The molecule has 1 nitrogen and oxygen atoms in total. The Morgan fingerprint density at radius 1 is 0.700 bits per heavy atom. The molecule has 1 heteroatoms. The van der Waals surface area contributed by atoms with E-state index >= 15 is 0 Å². The van der Waals surface area contributed by atoms with Gasteiger partial charge in [0, 0.05) is 6.04 Å². The summed E-state index contributed by atoms with van der Waals surface area (Å²) < 4.78 is 0. The summed E-state index contributed by atoms with van der Waals surface area (Å²) in [6, 6.07) is 0.627. The van der Waals surface area contributed by atoms with Gasteiger partial charge in [0.25, 0.3) is 0 Å². The van der Waals surface area contributed by atoms with Crippen molar-refractivity contribution in [2.45, 2.75) is 93.5 Å². The van der Waals surface area contributed by atoms with Crippen LogP contribution in [-0.4, -0.2) is 13.1 Å². The molecule has 1 saturated carbocycles. The Hall–Kier alpha value is -0.0400. The second kappa shape index (κ2) is 5.63. The van der Waals surface area contributed by atoms with Crippen LogP contribution in [0.5, 0.6) is 0 Å². The van der Waals surface area contributed by atoms with E-state index in [0.717, 1.165) is 0 Å². The summed E-state index contributed by atoms with van der Waals surface area (Å²) in [6.45, 7) is 19.7. The van der Waals surface area contributed by atoms with Gasteiger partial charge >= 0.3 is 0 Å². The fourth-order valence-corrected chi connectivity index (χ4v) is 5.62. The Balaban J connectivity index is 3.08. The first-order chi connectivity index (χ1) is 8.79. The molecule has 1 aliphatic rings. The molecule has 120 valence electrons. The van der Waals surface area contributed by atoms with Crippen molar-refractivity contribution in [1.29, 1.82) is 0 Å². The highest BCUT2D eigenvalue weighted by Gasteiger charge is 2.41. The van der Waals surface area contributed by atoms with Gasteiger partial charge in [0.1, 0.15) is 0 Å². The SMILES string of the molecule is CNC1CCC(C)(C)CC(C)(C)CC(C)(C)CC1(C)C. The molecule has 0 amide bonds. The first-order valence-corrected chi connectivity index (χ1v) is 8.46. The number of hydrogen-bond acceptors (Lipinski definition) is 1. The summed E-state index contributed by atoms with van der Waals surface area (Å²) in [5.74, 6) is 0. The Bertz CT molecular complexity index is 323. The zero-order valence-electron chi connectivity index (χ0n) is 15.6. The lowest BCUT2D eigenvalue weighted by atomic mass is 9.60. The minimum atomic E-state index is 0.363. The smallest absolute Gasteiger partial charge is 0.0116 e. The van der Waals surface area contributed by atoms with Crippen molar-refractivity contribution >= 4 is 0 Å². The van der Waals surface area contributed by atoms with Gasteiger partial charge in [-0.1, -0.05) is 55.4 Å². The molecule has 0 radical (unpaired) electrons. The molecule has 1 rings (SSSR count). The fraction of sp³-hybridized carbons (Fsp3) is 1.00. The highest BCUT2D eigenvalue weighted by atomic mass is 14.9. The number of hydrogen-bond donors (Lipinski definition) is 1. The monoisotopic (exact) mass is 281 g/mol. The molecule has 0 saturated heterocycles. The van der Waals surface area contributed by atoms with Crippen LogP contribution in [0.15, 0.2) is 0 Å². The molecule has 1 fully saturated rings. The highest BCUT2D eigenvalue weighted by Crippen LogP contribution is 2.50. The summed E-state index contributed by atoms with van der Waals surface area (Å²) in [5, 5.41) is 3.61. The normalized spacial score (nSPS) is 32.5. The van der Waals surface area contributed by atoms with Crippen LogP contribution >= 0.6 is 0 Å². The number of rotatable bonds is 1. The Morgan fingerprint density at radius 2 is 1.15 bits per heavy atom. The Labute approximate surface area is 128 Å². The van der Waals surface area contributed by atoms with Crippen LogP contribution in [-0.2, 0) is 0 Å². The minimum Gasteiger partial charge on any atom is -0.316 e. The van der Waals surface area contributed by atoms with Crippen molar-refractivity contribution in [3.05, 3.63) is 0 Å². The van der Waals surface area contributed by atoms with Crippen LogP contribution in [0, 0.1) is 21.7 Å². The van der Waals surface area contributed by atoms with Crippen molar-refractivity contribution in [3.63, 3.8) is 0 Å². The third-order valence-corrected chi connectivity index (χ3v) is 5.25. The molecule has 0 bridgehead atoms. The predicted octanol–water partition coefficient (Wildman–Crippen LogP) is 5.64. The maximum atomic E-state index is 3.61. The van der Waals surface area contributed by atoms with Crippen molar-refractivity contribution < 1.29 is 0 Å². The molecule has 0 aliphatic heterocycles. The zero-order chi connectivity index (χ0) is 15.8. The predicted molar refractivity (Wildman–Crippen MR) is 91.1 cm³/mol. The molecule has 0 heterocycles. The molecule has 1 atom stereocenters. The standard InChI is InChI=1S/C19H39N/c1-16(2)11-10-15(20-9)19(7,8)14-18(5,6)13-17(3,4)12-16/h15,20H,10-14H2,1-9H3. The summed E-state index contributed by atoms with van der Waals surface area (Å²) in [4.78, 5) is 0. The third-order valence-electron chi connectivity index (χ3n) is 5.25. The van der Waals surface area contributed by atoms with Crippen LogP contribution < -0.4 is 5.32 Å². The molecule has 1 unspecified atom stereocenters. The van der Waals surface area contributed by atoms with Gasteiger partial charge in [-0.2, -0.15) is 0 Å². The van der Waals surface area contributed by atoms with Crippen molar-refractivity contribution in [2.24, 2.45) is 21.7 Å². The third kappa shape index (κ3) is 5.06. The van der Waals surface area contributed by atoms with Gasteiger partial charge < -0.3 is 5.32 Å². The second-order valence-electron chi connectivity index (χ2n) is 10.4. The van der Waals surface area contributed by atoms with Gasteiger partial charge in [0.15, 0.2) is 0 Å². The van der Waals surface area contributed by atoms with Gasteiger partial charge in [-0.3, -0.25) is 0 Å². The first-order valence-electron chi connectivity index (χ1n) is 8.46. The van der Waals surface area contributed by atoms with Gasteiger partial charge in [-0.05, 0) is 60.8 Å². The molecule has 0 aromatic carbocycles. The van der Waals surface area contributed by atoms with E-state index in [2.05, 4.69) is 67.8 Å². The summed E-state index contributed by atoms with van der Waals surface area (Å²) >= 11 is 0. The largest absolute Gasteiger partial charge is 0.316 e. The lowest BCUT2D eigenvalue weighted by molar-refractivity contribution is 0.0492. The first kappa shape index (κ1) is 18.0. The Kier molecular flexibility index (Phi) is 5.07. The second-order valence-corrected chi connectivity index (χ2v) is 10.4. The average Bonchev–Trinajstić information content (AvgIpc) is 2.09. The van der Waals surface area contributed by atoms with Crippen molar-refractivity contribution in [1.82, 2.24) is 5.32 Å². The lowest BCUT2D eigenvalue weighted by Crippen LogP contribution is -2.45. The maximum Gasteiger partial charge on any atom is 0.0116 e. The molecular weight excluding hydrogens is 242 g/mol. The van der Waals surface area contributed by atoms with Gasteiger partial charge in [0.2, 0.25) is 0 Å². The van der Waals surface area contributed by atoms with E-state index in [1.54, 1.807) is 0 Å². The zero-order valence-corrected chi connectivity index (χ0v) is 15.6. The van der Waals surface area contributed by atoms with Gasteiger partial charge in [-0.25, -0.2) is 0 Å². The van der Waals surface area contributed by atoms with Crippen molar-refractivity contribution in [2.75, 3.05) is 7.05 Å². The van der Waals surface area contributed by atoms with Gasteiger partial charge in [0.05, 0.1) is 0 Å².